The molecule has 42 heavy (non-hydrogen) atoms. The van der Waals surface area contributed by atoms with Crippen molar-refractivity contribution in [3.05, 3.63) is 36.0 Å². The van der Waals surface area contributed by atoms with Gasteiger partial charge in [0, 0.05) is 23.6 Å². The van der Waals surface area contributed by atoms with Crippen LogP contribution in [0.25, 0.3) is 10.9 Å². The molecule has 1 aromatic heterocycles. The summed E-state index contributed by atoms with van der Waals surface area (Å²) in [5.41, 5.74) is 23.2. The smallest absolute Gasteiger partial charge is 0.326 e. The van der Waals surface area contributed by atoms with E-state index in [0.717, 1.165) is 16.5 Å². The van der Waals surface area contributed by atoms with Gasteiger partial charge in [-0.2, -0.15) is 0 Å². The summed E-state index contributed by atoms with van der Waals surface area (Å²) in [4.78, 5) is 79.9. The molecule has 0 aliphatic heterocycles. The highest BCUT2D eigenvalue weighted by Gasteiger charge is 2.32. The van der Waals surface area contributed by atoms with Crippen molar-refractivity contribution < 1.29 is 39.0 Å². The summed E-state index contributed by atoms with van der Waals surface area (Å²) in [7, 11) is 0. The fourth-order valence-corrected chi connectivity index (χ4v) is 4.01. The number of fused-ring (bicyclic) bond motifs is 1. The topological polar surface area (TPSA) is 311 Å². The van der Waals surface area contributed by atoms with E-state index in [1.165, 1.54) is 0 Å². The van der Waals surface area contributed by atoms with Crippen molar-refractivity contribution in [1.29, 1.82) is 0 Å². The highest BCUT2D eigenvalue weighted by atomic mass is 16.4. The van der Waals surface area contributed by atoms with Crippen LogP contribution in [0.1, 0.15) is 31.2 Å². The number of nitrogens with one attached hydrogen (secondary N) is 4. The minimum atomic E-state index is -1.69. The van der Waals surface area contributed by atoms with Crippen LogP contribution in [0.4, 0.5) is 0 Å². The van der Waals surface area contributed by atoms with Crippen LogP contribution in [-0.4, -0.2) is 87.4 Å². The standard InChI is InChI=1S/C25H35N9O8/c26-14(8-12-11-31-15-5-2-1-4-13(12)15)21(38)33-17(10-20(36)37)23(40)32-16(6-3-7-30-25(28)29)22(39)34-18(24(41)42)9-19(27)35/h1-2,4-5,11,14,16-18,31H,3,6-10,26H2,(H2,27,35)(H,32,40)(H,33,38)(H,34,39)(H,36,37)(H,41,42)(H4,28,29,30). The number of benzene rings is 1. The molecule has 0 spiro atoms. The van der Waals surface area contributed by atoms with Crippen LogP contribution in [0.2, 0.25) is 0 Å². The molecule has 2 aromatic rings. The fraction of sp³-hybridized carbons (Fsp3) is 0.400. The monoisotopic (exact) mass is 589 g/mol. The first-order chi connectivity index (χ1) is 19.8. The maximum Gasteiger partial charge on any atom is 0.326 e. The zero-order valence-corrected chi connectivity index (χ0v) is 22.5. The number of rotatable bonds is 17. The minimum Gasteiger partial charge on any atom is -0.481 e. The number of carbonyl (C=O) groups excluding carboxylic acids is 4. The summed E-state index contributed by atoms with van der Waals surface area (Å²) in [6, 6.07) is 1.42. The van der Waals surface area contributed by atoms with Crippen molar-refractivity contribution >= 4 is 52.4 Å². The molecule has 0 aliphatic rings. The number of aliphatic carboxylic acids is 2. The first kappa shape index (κ1) is 33.0. The van der Waals surface area contributed by atoms with Gasteiger partial charge < -0.3 is 54.1 Å². The lowest BCUT2D eigenvalue weighted by Crippen LogP contribution is -2.57. The van der Waals surface area contributed by atoms with Crippen LogP contribution in [0.3, 0.4) is 0 Å². The van der Waals surface area contributed by atoms with Crippen molar-refractivity contribution in [2.75, 3.05) is 6.54 Å². The summed E-state index contributed by atoms with van der Waals surface area (Å²) in [6.07, 6.45) is 0.207. The van der Waals surface area contributed by atoms with Crippen molar-refractivity contribution in [3.63, 3.8) is 0 Å². The van der Waals surface area contributed by atoms with E-state index in [9.17, 15) is 39.0 Å². The predicted molar refractivity (Wildman–Crippen MR) is 149 cm³/mol. The van der Waals surface area contributed by atoms with Gasteiger partial charge in [0.2, 0.25) is 23.6 Å². The average molecular weight is 590 g/mol. The predicted octanol–water partition coefficient (Wildman–Crippen LogP) is -3.02. The number of amides is 4. The van der Waals surface area contributed by atoms with E-state index in [1.807, 2.05) is 24.3 Å². The lowest BCUT2D eigenvalue weighted by Gasteiger charge is -2.24. The molecule has 4 unspecified atom stereocenters. The van der Waals surface area contributed by atoms with Gasteiger partial charge in [0.1, 0.15) is 18.1 Å². The van der Waals surface area contributed by atoms with E-state index in [-0.39, 0.29) is 31.8 Å². The van der Waals surface area contributed by atoms with Gasteiger partial charge in [-0.05, 0) is 30.9 Å². The number of hydrogen-bond donors (Lipinski definition) is 10. The van der Waals surface area contributed by atoms with Gasteiger partial charge in [0.15, 0.2) is 5.96 Å². The Balaban J connectivity index is 2.17. The number of carboxylic acid groups (broad SMARTS) is 2. The quantitative estimate of drug-likeness (QED) is 0.0503. The molecule has 0 aliphatic carbocycles. The Hall–Kier alpha value is -5.19. The number of aliphatic imine (C=N–C) groups is 1. The number of carbonyl (C=O) groups is 6. The van der Waals surface area contributed by atoms with Crippen molar-refractivity contribution in [2.24, 2.45) is 27.9 Å². The SMILES string of the molecule is NC(=O)CC(NC(=O)C(CCCN=C(N)N)NC(=O)C(CC(=O)O)NC(=O)C(N)Cc1c[nH]c2ccccc12)C(=O)O. The van der Waals surface area contributed by atoms with Gasteiger partial charge in [-0.15, -0.1) is 0 Å². The van der Waals surface area contributed by atoms with Gasteiger partial charge in [-0.1, -0.05) is 18.2 Å². The molecular formula is C25H35N9O8. The van der Waals surface area contributed by atoms with E-state index in [0.29, 0.717) is 0 Å². The molecule has 1 heterocycles. The molecule has 1 aromatic carbocycles. The third-order valence-corrected chi connectivity index (χ3v) is 6.06. The summed E-state index contributed by atoms with van der Waals surface area (Å²) in [5, 5.41) is 26.3. The van der Waals surface area contributed by atoms with E-state index >= 15 is 0 Å². The normalized spacial score (nSPS) is 13.6. The Morgan fingerprint density at radius 1 is 0.857 bits per heavy atom. The molecule has 14 N–H and O–H groups in total. The Labute approximate surface area is 239 Å². The Morgan fingerprint density at radius 2 is 1.48 bits per heavy atom. The molecule has 0 saturated heterocycles. The van der Waals surface area contributed by atoms with E-state index in [4.69, 9.17) is 22.9 Å². The molecule has 0 bridgehead atoms. The first-order valence-electron chi connectivity index (χ1n) is 12.8. The molecule has 0 saturated carbocycles. The summed E-state index contributed by atoms with van der Waals surface area (Å²) >= 11 is 0. The third-order valence-electron chi connectivity index (χ3n) is 6.06. The van der Waals surface area contributed by atoms with Crippen molar-refractivity contribution in [1.82, 2.24) is 20.9 Å². The number of aromatic amines is 1. The highest BCUT2D eigenvalue weighted by Crippen LogP contribution is 2.18. The molecule has 0 radical (unpaired) electrons. The number of primary amides is 1. The highest BCUT2D eigenvalue weighted by molar-refractivity contribution is 5.96. The van der Waals surface area contributed by atoms with Crippen LogP contribution < -0.4 is 38.9 Å². The molecule has 4 amide bonds. The number of nitrogens with zero attached hydrogens (tertiary/aromatic N) is 1. The lowest BCUT2D eigenvalue weighted by molar-refractivity contribution is -0.144. The van der Waals surface area contributed by atoms with Crippen LogP contribution in [0.15, 0.2) is 35.5 Å². The molecular weight excluding hydrogens is 554 g/mol. The molecule has 17 heteroatoms. The Kier molecular flexibility index (Phi) is 12.2. The second kappa shape index (κ2) is 15.6. The van der Waals surface area contributed by atoms with Crippen LogP contribution in [0, 0.1) is 0 Å². The average Bonchev–Trinajstić information content (AvgIpc) is 3.31. The number of para-hydroxylation sites is 1. The van der Waals surface area contributed by atoms with Gasteiger partial charge in [-0.25, -0.2) is 4.79 Å². The molecule has 4 atom stereocenters. The number of guanidine groups is 1. The van der Waals surface area contributed by atoms with E-state index in [2.05, 4.69) is 25.9 Å². The summed E-state index contributed by atoms with van der Waals surface area (Å²) in [5.74, 6) is -7.06. The minimum absolute atomic E-state index is 0.0452. The molecule has 0 fully saturated rings. The maximum absolute atomic E-state index is 13.1. The van der Waals surface area contributed by atoms with Crippen molar-refractivity contribution in [2.45, 2.75) is 56.3 Å². The summed E-state index contributed by atoms with van der Waals surface area (Å²) in [6.45, 7) is 0.0452. The number of aromatic nitrogens is 1. The van der Waals surface area contributed by atoms with Gasteiger partial charge >= 0.3 is 11.9 Å². The fourth-order valence-electron chi connectivity index (χ4n) is 4.01. The van der Waals surface area contributed by atoms with Gasteiger partial charge in [0.05, 0.1) is 18.9 Å². The number of hydrogen-bond acceptors (Lipinski definition) is 8. The lowest BCUT2D eigenvalue weighted by atomic mass is 10.0. The Bertz CT molecular complexity index is 1340. The molecule has 17 nitrogen and oxygen atoms in total. The second-order valence-corrected chi connectivity index (χ2v) is 9.41. The third kappa shape index (κ3) is 10.4. The maximum atomic E-state index is 13.1. The largest absolute Gasteiger partial charge is 0.481 e. The number of H-pyrrole nitrogens is 1. The van der Waals surface area contributed by atoms with Crippen molar-refractivity contribution in [3.8, 4) is 0 Å². The second-order valence-electron chi connectivity index (χ2n) is 9.41. The summed E-state index contributed by atoms with van der Waals surface area (Å²) < 4.78 is 0. The van der Waals surface area contributed by atoms with Crippen LogP contribution in [0.5, 0.6) is 0 Å². The zero-order valence-electron chi connectivity index (χ0n) is 22.5. The number of carboxylic acids is 2. The molecule has 228 valence electrons. The number of nitrogens with two attached hydrogens (primary N) is 4. The van der Waals surface area contributed by atoms with Gasteiger partial charge in [0.25, 0.3) is 0 Å². The molecule has 2 rings (SSSR count). The first-order valence-corrected chi connectivity index (χ1v) is 12.8. The van der Waals surface area contributed by atoms with E-state index in [1.54, 1.807) is 6.20 Å². The zero-order chi connectivity index (χ0) is 31.4. The van der Waals surface area contributed by atoms with Crippen LogP contribution >= 0.6 is 0 Å². The van der Waals surface area contributed by atoms with Gasteiger partial charge in [-0.3, -0.25) is 29.0 Å². The van der Waals surface area contributed by atoms with Crippen LogP contribution in [-0.2, 0) is 35.2 Å². The van der Waals surface area contributed by atoms with E-state index < -0.39 is 72.6 Å². The Morgan fingerprint density at radius 3 is 2.10 bits per heavy atom.